The van der Waals surface area contributed by atoms with Gasteiger partial charge >= 0.3 is 17.8 Å². The van der Waals surface area contributed by atoms with E-state index in [9.17, 15) is 27.6 Å². The van der Waals surface area contributed by atoms with E-state index in [0.717, 1.165) is 37.0 Å². The normalized spacial score (nSPS) is 18.0. The lowest BCUT2D eigenvalue weighted by Gasteiger charge is -2.25. The molecule has 0 radical (unpaired) electrons. The topological polar surface area (TPSA) is 143 Å². The van der Waals surface area contributed by atoms with E-state index < -0.39 is 35.8 Å². The van der Waals surface area contributed by atoms with Crippen LogP contribution in [0.15, 0.2) is 27.8 Å². The first-order valence-electron chi connectivity index (χ1n) is 13.8. The maximum absolute atomic E-state index is 13.8. The van der Waals surface area contributed by atoms with Gasteiger partial charge in [-0.25, -0.2) is 14.2 Å². The summed E-state index contributed by atoms with van der Waals surface area (Å²) in [7, 11) is 1.59. The van der Waals surface area contributed by atoms with Crippen LogP contribution >= 0.6 is 23.2 Å². The van der Waals surface area contributed by atoms with E-state index >= 15 is 0 Å². The molecular formula is C27H32Cl2F3N7O5. The summed E-state index contributed by atoms with van der Waals surface area (Å²) in [5.74, 6) is -1.63. The third-order valence-corrected chi connectivity index (χ3v) is 8.14. The van der Waals surface area contributed by atoms with E-state index in [1.54, 1.807) is 19.2 Å². The first-order valence-corrected chi connectivity index (χ1v) is 14.6. The van der Waals surface area contributed by atoms with Crippen LogP contribution in [-0.2, 0) is 29.7 Å². The lowest BCUT2D eigenvalue weighted by molar-refractivity contribution is -0.192. The minimum atomic E-state index is -5.08. The molecule has 2 atom stereocenters. The fraction of sp³-hybridized carbons (Fsp3) is 0.519. The van der Waals surface area contributed by atoms with Gasteiger partial charge in [0.1, 0.15) is 6.54 Å². The van der Waals surface area contributed by atoms with Gasteiger partial charge in [0, 0.05) is 44.3 Å². The second-order valence-corrected chi connectivity index (χ2v) is 11.9. The Labute approximate surface area is 259 Å². The van der Waals surface area contributed by atoms with Gasteiger partial charge in [-0.15, -0.1) is 0 Å². The predicted octanol–water partition coefficient (Wildman–Crippen LogP) is 3.32. The fourth-order valence-electron chi connectivity index (χ4n) is 5.34. The van der Waals surface area contributed by atoms with Gasteiger partial charge in [0.25, 0.3) is 5.56 Å². The predicted molar refractivity (Wildman–Crippen MR) is 160 cm³/mol. The summed E-state index contributed by atoms with van der Waals surface area (Å²) in [6, 6.07) is 4.98. The Morgan fingerprint density at radius 1 is 1.18 bits per heavy atom. The number of nitrogens with one attached hydrogen (secondary N) is 2. The highest BCUT2D eigenvalue weighted by atomic mass is 35.5. The van der Waals surface area contributed by atoms with Crippen molar-refractivity contribution in [2.75, 3.05) is 29.9 Å². The summed E-state index contributed by atoms with van der Waals surface area (Å²) in [6.45, 7) is 7.10. The van der Waals surface area contributed by atoms with Gasteiger partial charge in [0.05, 0.1) is 10.7 Å². The molecule has 1 amide bonds. The zero-order valence-corrected chi connectivity index (χ0v) is 25.6. The Bertz CT molecular complexity index is 1690. The number of carboxylic acid groups (broad SMARTS) is 1. The molecule has 0 saturated carbocycles. The van der Waals surface area contributed by atoms with E-state index in [4.69, 9.17) is 38.1 Å². The molecule has 0 spiro atoms. The zero-order chi connectivity index (χ0) is 32.5. The van der Waals surface area contributed by atoms with Crippen molar-refractivity contribution < 1.29 is 27.9 Å². The van der Waals surface area contributed by atoms with Gasteiger partial charge in [-0.05, 0) is 42.9 Å². The number of aliphatic carboxylic acids is 1. The highest BCUT2D eigenvalue weighted by Gasteiger charge is 2.40. The molecule has 2 unspecified atom stereocenters. The molecule has 5 rings (SSSR count). The number of alkyl halides is 3. The van der Waals surface area contributed by atoms with Gasteiger partial charge in [0.15, 0.2) is 11.2 Å². The largest absolute Gasteiger partial charge is 0.490 e. The van der Waals surface area contributed by atoms with E-state index in [0.29, 0.717) is 52.2 Å². The quantitative estimate of drug-likeness (QED) is 0.350. The number of rotatable bonds is 7. The van der Waals surface area contributed by atoms with Crippen LogP contribution in [0.4, 0.5) is 24.8 Å². The molecule has 4 heterocycles. The molecule has 3 N–H and O–H groups in total. The second kappa shape index (κ2) is 13.2. The highest BCUT2D eigenvalue weighted by Crippen LogP contribution is 2.33. The molecule has 2 saturated heterocycles. The summed E-state index contributed by atoms with van der Waals surface area (Å²) in [5.41, 5.74) is -0.111. The number of amides is 1. The number of aromatic nitrogens is 4. The van der Waals surface area contributed by atoms with Gasteiger partial charge in [0.2, 0.25) is 11.9 Å². The zero-order valence-electron chi connectivity index (χ0n) is 24.1. The lowest BCUT2D eigenvalue weighted by atomic mass is 10.1. The van der Waals surface area contributed by atoms with E-state index in [-0.39, 0.29) is 5.02 Å². The van der Waals surface area contributed by atoms with Crippen molar-refractivity contribution >= 4 is 57.9 Å². The number of hydrogen-bond donors (Lipinski definition) is 3. The van der Waals surface area contributed by atoms with Crippen LogP contribution < -0.4 is 26.8 Å². The van der Waals surface area contributed by atoms with Crippen LogP contribution in [0.25, 0.3) is 11.2 Å². The number of aryl methyl sites for hydroxylation is 2. The van der Waals surface area contributed by atoms with Gasteiger partial charge in [-0.2, -0.15) is 18.2 Å². The molecule has 2 aromatic heterocycles. The Morgan fingerprint density at radius 3 is 2.48 bits per heavy atom. The minimum absolute atomic E-state index is 0.262. The molecule has 12 nitrogen and oxygen atoms in total. The van der Waals surface area contributed by atoms with Crippen LogP contribution in [0.2, 0.25) is 10.0 Å². The molecule has 240 valence electrons. The monoisotopic (exact) mass is 661 g/mol. The first-order chi connectivity index (χ1) is 20.6. The highest BCUT2D eigenvalue weighted by molar-refractivity contribution is 6.36. The lowest BCUT2D eigenvalue weighted by Crippen LogP contribution is -2.42. The van der Waals surface area contributed by atoms with Crippen LogP contribution in [0.1, 0.15) is 26.7 Å². The molecule has 44 heavy (non-hydrogen) atoms. The van der Waals surface area contributed by atoms with Crippen LogP contribution in [0.3, 0.4) is 0 Å². The van der Waals surface area contributed by atoms with Gasteiger partial charge in [-0.1, -0.05) is 37.0 Å². The van der Waals surface area contributed by atoms with Crippen molar-refractivity contribution in [2.45, 2.75) is 52.0 Å². The maximum atomic E-state index is 13.8. The third kappa shape index (κ3) is 7.05. The van der Waals surface area contributed by atoms with Crippen molar-refractivity contribution in [1.82, 2.24) is 24.0 Å². The van der Waals surface area contributed by atoms with Gasteiger partial charge in [-0.3, -0.25) is 14.2 Å². The van der Waals surface area contributed by atoms with Crippen molar-refractivity contribution in [2.24, 2.45) is 18.9 Å². The fourth-order valence-corrected chi connectivity index (χ4v) is 5.80. The average Bonchev–Trinajstić information content (AvgIpc) is 3.65. The van der Waals surface area contributed by atoms with E-state index in [1.807, 2.05) is 4.57 Å². The summed E-state index contributed by atoms with van der Waals surface area (Å²) >= 11 is 12.1. The van der Waals surface area contributed by atoms with Crippen molar-refractivity contribution in [3.05, 3.63) is 49.1 Å². The third-order valence-electron chi connectivity index (χ3n) is 7.59. The molecular weight excluding hydrogens is 630 g/mol. The number of benzene rings is 1. The maximum Gasteiger partial charge on any atom is 0.490 e. The second-order valence-electron chi connectivity index (χ2n) is 11.1. The molecule has 2 fully saturated rings. The number of carboxylic acids is 1. The molecule has 2 aliphatic heterocycles. The molecule has 17 heteroatoms. The van der Waals surface area contributed by atoms with E-state index in [1.165, 1.54) is 10.6 Å². The minimum Gasteiger partial charge on any atom is -0.475 e. The number of imidazole rings is 1. The van der Waals surface area contributed by atoms with Crippen LogP contribution in [0.5, 0.6) is 0 Å². The number of hydrogen-bond acceptors (Lipinski definition) is 7. The smallest absolute Gasteiger partial charge is 0.475 e. The number of fused-ring (bicyclic) bond motifs is 2. The van der Waals surface area contributed by atoms with Crippen molar-refractivity contribution in [3.63, 3.8) is 0 Å². The van der Waals surface area contributed by atoms with Crippen LogP contribution in [0, 0.1) is 11.8 Å². The number of carbonyl (C=O) groups is 2. The number of halogens is 5. The Morgan fingerprint density at radius 2 is 1.86 bits per heavy atom. The summed E-state index contributed by atoms with van der Waals surface area (Å²) in [5, 5.41) is 13.9. The Hall–Kier alpha value is -3.56. The Balaban J connectivity index is 0.000000566. The SMILES string of the molecule is CC(C)CCn1c(N2CCC3CNCC32)nc2c1c(=O)n(CC(=O)Nc1ccc(Cl)cc1Cl)c(=O)n2C.O=C(O)C(F)(F)F. The Kier molecular flexibility index (Phi) is 10.0. The summed E-state index contributed by atoms with van der Waals surface area (Å²) in [4.78, 5) is 55.9. The van der Waals surface area contributed by atoms with Crippen molar-refractivity contribution in [3.8, 4) is 0 Å². The van der Waals surface area contributed by atoms with Gasteiger partial charge < -0.3 is 25.2 Å². The van der Waals surface area contributed by atoms with Crippen molar-refractivity contribution in [1.29, 1.82) is 0 Å². The number of nitrogens with zero attached hydrogens (tertiary/aromatic N) is 5. The molecule has 0 bridgehead atoms. The summed E-state index contributed by atoms with van der Waals surface area (Å²) < 4.78 is 36.0. The molecule has 0 aliphatic carbocycles. The average molecular weight is 662 g/mol. The first kappa shape index (κ1) is 33.3. The summed E-state index contributed by atoms with van der Waals surface area (Å²) in [6.07, 6.45) is -3.18. The molecule has 3 aromatic rings. The standard InChI is InChI=1S/C25H31Cl2N7O3.C2HF3O2/c1-14(2)6-8-33-21-22(30-24(33)32-9-7-15-11-28-12-19(15)32)31(3)25(37)34(23(21)36)13-20(35)29-18-5-4-16(26)10-17(18)27;3-2(4,5)1(6)7/h4-5,10,14-15,19,28H,6-9,11-13H2,1-3H3,(H,29,35);(H,6,7). The van der Waals surface area contributed by atoms with Crippen LogP contribution in [-0.4, -0.2) is 67.5 Å². The molecule has 1 aromatic carbocycles. The molecule has 2 aliphatic rings. The number of anilines is 2. The van der Waals surface area contributed by atoms with E-state index in [2.05, 4.69) is 29.4 Å². The number of carbonyl (C=O) groups excluding carboxylic acids is 1.